The summed E-state index contributed by atoms with van der Waals surface area (Å²) in [4.78, 5) is 18.5. The summed E-state index contributed by atoms with van der Waals surface area (Å²) in [6.45, 7) is 2.85. The molecule has 0 saturated carbocycles. The lowest BCUT2D eigenvalue weighted by atomic mass is 10.1. The van der Waals surface area contributed by atoms with E-state index in [4.69, 9.17) is 0 Å². The fraction of sp³-hybridized carbons (Fsp3) is 0.263. The molecule has 0 radical (unpaired) electrons. The maximum atomic E-state index is 12.9. The molecule has 26 heavy (non-hydrogen) atoms. The van der Waals surface area contributed by atoms with Crippen LogP contribution in [-0.4, -0.2) is 29.1 Å². The molecule has 0 fully saturated rings. The van der Waals surface area contributed by atoms with Crippen LogP contribution in [0.5, 0.6) is 0 Å². The van der Waals surface area contributed by atoms with Gasteiger partial charge in [0.25, 0.3) is 5.91 Å². The zero-order valence-corrected chi connectivity index (χ0v) is 14.9. The molecule has 1 heterocycles. The average molecular weight is 378 g/mol. The van der Waals surface area contributed by atoms with Gasteiger partial charge in [-0.25, -0.2) is 0 Å². The molecule has 2 aromatic rings. The number of thioether (sulfide) groups is 1. The molecule has 3 nitrogen and oxygen atoms in total. The van der Waals surface area contributed by atoms with Crippen LogP contribution in [-0.2, 0) is 11.9 Å². The van der Waals surface area contributed by atoms with Crippen molar-refractivity contribution in [3.63, 3.8) is 0 Å². The maximum absolute atomic E-state index is 12.9. The third-order valence-electron chi connectivity index (χ3n) is 4.10. The molecule has 0 N–H and O–H groups in total. The number of carbonyl (C=O) groups is 1. The fourth-order valence-electron chi connectivity index (χ4n) is 2.64. The van der Waals surface area contributed by atoms with E-state index < -0.39 is 17.6 Å². The van der Waals surface area contributed by atoms with Gasteiger partial charge in [0, 0.05) is 17.9 Å². The highest BCUT2D eigenvalue weighted by molar-refractivity contribution is 8.13. The quantitative estimate of drug-likeness (QED) is 0.772. The highest BCUT2D eigenvalue weighted by Crippen LogP contribution is 2.30. The first-order valence-corrected chi connectivity index (χ1v) is 9.06. The second-order valence-corrected chi connectivity index (χ2v) is 6.86. The van der Waals surface area contributed by atoms with Crippen molar-refractivity contribution in [2.75, 3.05) is 13.1 Å². The first kappa shape index (κ1) is 18.5. The molecule has 136 valence electrons. The van der Waals surface area contributed by atoms with Gasteiger partial charge in [0.05, 0.1) is 12.1 Å². The van der Waals surface area contributed by atoms with Gasteiger partial charge >= 0.3 is 6.18 Å². The van der Waals surface area contributed by atoms with Gasteiger partial charge in [-0.2, -0.15) is 13.2 Å². The third kappa shape index (κ3) is 4.09. The smallest absolute Gasteiger partial charge is 0.286 e. The first-order chi connectivity index (χ1) is 12.4. The minimum atomic E-state index is -4.47. The zero-order valence-electron chi connectivity index (χ0n) is 14.1. The van der Waals surface area contributed by atoms with Gasteiger partial charge in [-0.3, -0.25) is 14.7 Å². The Kier molecular flexibility index (Phi) is 5.36. The predicted molar refractivity (Wildman–Crippen MR) is 97.3 cm³/mol. The highest BCUT2D eigenvalue weighted by atomic mass is 32.2. The van der Waals surface area contributed by atoms with Crippen LogP contribution in [0.2, 0.25) is 0 Å². The molecule has 0 bridgehead atoms. The molecule has 0 atom stereocenters. The van der Waals surface area contributed by atoms with Gasteiger partial charge in [-0.15, -0.1) is 0 Å². The summed E-state index contributed by atoms with van der Waals surface area (Å²) in [5, 5.41) is 0.552. The molecule has 1 aliphatic rings. The van der Waals surface area contributed by atoms with E-state index in [2.05, 4.69) is 4.99 Å². The third-order valence-corrected chi connectivity index (χ3v) is 5.16. The Morgan fingerprint density at radius 3 is 2.69 bits per heavy atom. The molecule has 7 heteroatoms. The number of carbonyl (C=O) groups excluding carboxylic acids is 1. The van der Waals surface area contributed by atoms with Crippen LogP contribution >= 0.6 is 11.8 Å². The monoisotopic (exact) mass is 378 g/mol. The van der Waals surface area contributed by atoms with E-state index in [-0.39, 0.29) is 5.56 Å². The number of nitrogens with zero attached hydrogens (tertiary/aromatic N) is 2. The molecular formula is C19H17F3N2OS. The minimum absolute atomic E-state index is 0.0194. The number of hydrogen-bond acceptors (Lipinski definition) is 3. The zero-order chi connectivity index (χ0) is 18.7. The number of amidine groups is 1. The number of rotatable bonds is 3. The van der Waals surface area contributed by atoms with Crippen LogP contribution in [0, 0.1) is 6.92 Å². The predicted octanol–water partition coefficient (Wildman–Crippen LogP) is 4.76. The molecule has 3 rings (SSSR count). The van der Waals surface area contributed by atoms with Crippen molar-refractivity contribution in [1.29, 1.82) is 0 Å². The molecule has 0 saturated heterocycles. The Morgan fingerprint density at radius 2 is 1.96 bits per heavy atom. The van der Waals surface area contributed by atoms with Crippen LogP contribution in [0.4, 0.5) is 13.2 Å². The number of alkyl halides is 3. The van der Waals surface area contributed by atoms with Crippen LogP contribution in [0.3, 0.4) is 0 Å². The van der Waals surface area contributed by atoms with Crippen molar-refractivity contribution in [1.82, 2.24) is 4.90 Å². The van der Waals surface area contributed by atoms with Crippen molar-refractivity contribution in [3.05, 3.63) is 70.8 Å². The summed E-state index contributed by atoms with van der Waals surface area (Å²) in [7, 11) is 0. The summed E-state index contributed by atoms with van der Waals surface area (Å²) >= 11 is 1.43. The van der Waals surface area contributed by atoms with E-state index in [0.29, 0.717) is 24.0 Å². The fourth-order valence-corrected chi connectivity index (χ4v) is 3.76. The molecular weight excluding hydrogens is 361 g/mol. The number of aryl methyl sites for hydroxylation is 1. The van der Waals surface area contributed by atoms with Crippen molar-refractivity contribution >= 4 is 22.8 Å². The van der Waals surface area contributed by atoms with E-state index in [1.54, 1.807) is 0 Å². The summed E-state index contributed by atoms with van der Waals surface area (Å²) in [6.07, 6.45) is -4.47. The summed E-state index contributed by atoms with van der Waals surface area (Å²) in [5.41, 5.74) is 1.48. The van der Waals surface area contributed by atoms with Crippen molar-refractivity contribution < 1.29 is 18.0 Å². The Balaban J connectivity index is 1.73. The molecule has 1 amide bonds. The van der Waals surface area contributed by atoms with Crippen LogP contribution in [0.15, 0.2) is 53.5 Å². The standard InChI is InChI=1S/C19H17F3N2OS/c1-13-5-2-3-6-15(13)12-26-18-23-9-10-24(18)17(25)14-7-4-8-16(11-14)19(20,21)22/h2-8,11H,9-10,12H2,1H3. The normalized spacial score (nSPS) is 14.5. The topological polar surface area (TPSA) is 32.7 Å². The van der Waals surface area contributed by atoms with Crippen LogP contribution in [0.1, 0.15) is 27.0 Å². The highest BCUT2D eigenvalue weighted by Gasteiger charge is 2.32. The summed E-state index contributed by atoms with van der Waals surface area (Å²) < 4.78 is 38.6. The Hall–Kier alpha value is -2.28. The van der Waals surface area contributed by atoms with Crippen LogP contribution < -0.4 is 0 Å². The molecule has 2 aromatic carbocycles. The SMILES string of the molecule is Cc1ccccc1CSC1=NCCN1C(=O)c1cccc(C(F)(F)F)c1. The van der Waals surface area contributed by atoms with Gasteiger partial charge in [0.1, 0.15) is 0 Å². The summed E-state index contributed by atoms with van der Waals surface area (Å²) in [6, 6.07) is 12.4. The van der Waals surface area contributed by atoms with E-state index in [0.717, 1.165) is 23.3 Å². The molecule has 0 aromatic heterocycles. The van der Waals surface area contributed by atoms with E-state index >= 15 is 0 Å². The van der Waals surface area contributed by atoms with Crippen molar-refractivity contribution in [2.24, 2.45) is 4.99 Å². The van der Waals surface area contributed by atoms with Gasteiger partial charge in [-0.1, -0.05) is 42.1 Å². The second-order valence-electron chi connectivity index (χ2n) is 5.91. The lowest BCUT2D eigenvalue weighted by Crippen LogP contribution is -2.33. The number of benzene rings is 2. The first-order valence-electron chi connectivity index (χ1n) is 8.07. The number of aliphatic imine (C=N–C) groups is 1. The van der Waals surface area contributed by atoms with Gasteiger partial charge in [-0.05, 0) is 36.2 Å². The van der Waals surface area contributed by atoms with E-state index in [9.17, 15) is 18.0 Å². The number of halogens is 3. The Bertz CT molecular complexity index is 849. The Labute approximate surface area is 153 Å². The Morgan fingerprint density at radius 1 is 1.19 bits per heavy atom. The number of hydrogen-bond donors (Lipinski definition) is 0. The molecule has 0 spiro atoms. The second kappa shape index (κ2) is 7.53. The molecule has 0 aliphatic carbocycles. The summed E-state index contributed by atoms with van der Waals surface area (Å²) in [5.74, 6) is 0.197. The lowest BCUT2D eigenvalue weighted by molar-refractivity contribution is -0.137. The largest absolute Gasteiger partial charge is 0.416 e. The average Bonchev–Trinajstić information content (AvgIpc) is 3.08. The molecule has 1 aliphatic heterocycles. The minimum Gasteiger partial charge on any atom is -0.286 e. The van der Waals surface area contributed by atoms with E-state index in [1.807, 2.05) is 31.2 Å². The van der Waals surface area contributed by atoms with Crippen molar-refractivity contribution in [3.8, 4) is 0 Å². The lowest BCUT2D eigenvalue weighted by Gasteiger charge is -2.19. The van der Waals surface area contributed by atoms with Gasteiger partial charge < -0.3 is 0 Å². The number of amides is 1. The van der Waals surface area contributed by atoms with Gasteiger partial charge in [0.2, 0.25) is 0 Å². The van der Waals surface area contributed by atoms with Gasteiger partial charge in [0.15, 0.2) is 5.17 Å². The van der Waals surface area contributed by atoms with Crippen LogP contribution in [0.25, 0.3) is 0 Å². The van der Waals surface area contributed by atoms with Crippen molar-refractivity contribution in [2.45, 2.75) is 18.9 Å². The molecule has 0 unspecified atom stereocenters. The van der Waals surface area contributed by atoms with E-state index in [1.165, 1.54) is 28.8 Å². The maximum Gasteiger partial charge on any atom is 0.416 e.